The first-order valence-corrected chi connectivity index (χ1v) is 8.19. The SMILES string of the molecule is CC(C)(C)CC(C)(C)c1ccc(Oc2ccccc2C(=O)O)cc1. The summed E-state index contributed by atoms with van der Waals surface area (Å²) in [6, 6.07) is 14.6. The molecule has 0 amide bonds. The second kappa shape index (κ2) is 6.68. The van der Waals surface area contributed by atoms with E-state index in [0.29, 0.717) is 11.5 Å². The van der Waals surface area contributed by atoms with Gasteiger partial charge in [-0.15, -0.1) is 0 Å². The monoisotopic (exact) mass is 326 g/mol. The van der Waals surface area contributed by atoms with Gasteiger partial charge in [-0.25, -0.2) is 4.79 Å². The Morgan fingerprint density at radius 2 is 1.54 bits per heavy atom. The normalized spacial score (nSPS) is 12.0. The minimum Gasteiger partial charge on any atom is -0.478 e. The summed E-state index contributed by atoms with van der Waals surface area (Å²) in [5.74, 6) is -0.000703. The maximum atomic E-state index is 11.3. The molecule has 0 aliphatic rings. The van der Waals surface area contributed by atoms with Gasteiger partial charge in [0, 0.05) is 0 Å². The third-order valence-electron chi connectivity index (χ3n) is 3.95. The van der Waals surface area contributed by atoms with Crippen molar-refractivity contribution in [1.29, 1.82) is 0 Å². The van der Waals surface area contributed by atoms with E-state index in [1.807, 2.05) is 12.1 Å². The average molecular weight is 326 g/mol. The number of benzene rings is 2. The van der Waals surface area contributed by atoms with Crippen LogP contribution < -0.4 is 4.74 Å². The quantitative estimate of drug-likeness (QED) is 0.745. The Labute approximate surface area is 144 Å². The zero-order chi connectivity index (χ0) is 18.0. The van der Waals surface area contributed by atoms with Gasteiger partial charge in [-0.2, -0.15) is 0 Å². The lowest BCUT2D eigenvalue weighted by atomic mass is 9.72. The van der Waals surface area contributed by atoms with Crippen LogP contribution in [0.25, 0.3) is 0 Å². The van der Waals surface area contributed by atoms with Crippen molar-refractivity contribution in [3.8, 4) is 11.5 Å². The van der Waals surface area contributed by atoms with Crippen molar-refractivity contribution in [2.45, 2.75) is 46.5 Å². The van der Waals surface area contributed by atoms with Crippen LogP contribution in [-0.2, 0) is 5.41 Å². The van der Waals surface area contributed by atoms with Gasteiger partial charge in [0.05, 0.1) is 0 Å². The predicted molar refractivity (Wildman–Crippen MR) is 97.0 cm³/mol. The van der Waals surface area contributed by atoms with Crippen LogP contribution in [0.1, 0.15) is 57.0 Å². The molecule has 0 atom stereocenters. The fraction of sp³-hybridized carbons (Fsp3) is 0.381. The van der Waals surface area contributed by atoms with Crippen LogP contribution in [0.5, 0.6) is 11.5 Å². The molecule has 3 heteroatoms. The fourth-order valence-electron chi connectivity index (χ4n) is 3.26. The Morgan fingerprint density at radius 3 is 2.08 bits per heavy atom. The molecule has 2 rings (SSSR count). The standard InChI is InChI=1S/C21H26O3/c1-20(2,3)14-21(4,5)15-10-12-16(13-11-15)24-18-9-7-6-8-17(18)19(22)23/h6-13H,14H2,1-5H3,(H,22,23). The van der Waals surface area contributed by atoms with E-state index in [1.54, 1.807) is 24.3 Å². The first-order valence-electron chi connectivity index (χ1n) is 8.19. The van der Waals surface area contributed by atoms with E-state index in [1.165, 1.54) is 5.56 Å². The van der Waals surface area contributed by atoms with E-state index in [4.69, 9.17) is 4.74 Å². The summed E-state index contributed by atoms with van der Waals surface area (Å²) >= 11 is 0. The summed E-state index contributed by atoms with van der Waals surface area (Å²) in [5.41, 5.74) is 1.72. The zero-order valence-corrected chi connectivity index (χ0v) is 15.1. The van der Waals surface area contributed by atoms with Crippen molar-refractivity contribution in [2.75, 3.05) is 0 Å². The number of hydrogen-bond acceptors (Lipinski definition) is 2. The summed E-state index contributed by atoms with van der Waals surface area (Å²) in [6.07, 6.45) is 1.07. The number of aromatic carboxylic acids is 1. The highest BCUT2D eigenvalue weighted by Crippen LogP contribution is 2.37. The van der Waals surface area contributed by atoms with Crippen molar-refractivity contribution >= 4 is 5.97 Å². The summed E-state index contributed by atoms with van der Waals surface area (Å²) in [7, 11) is 0. The van der Waals surface area contributed by atoms with E-state index >= 15 is 0 Å². The van der Waals surface area contributed by atoms with E-state index in [0.717, 1.165) is 6.42 Å². The summed E-state index contributed by atoms with van der Waals surface area (Å²) in [4.78, 5) is 11.3. The maximum Gasteiger partial charge on any atom is 0.339 e. The molecule has 0 fully saturated rings. The fourth-order valence-corrected chi connectivity index (χ4v) is 3.26. The van der Waals surface area contributed by atoms with E-state index in [-0.39, 0.29) is 16.4 Å². The van der Waals surface area contributed by atoms with Crippen molar-refractivity contribution in [2.24, 2.45) is 5.41 Å². The molecule has 0 saturated heterocycles. The number of carboxylic acid groups (broad SMARTS) is 1. The van der Waals surface area contributed by atoms with Crippen molar-refractivity contribution in [3.63, 3.8) is 0 Å². The minimum absolute atomic E-state index is 0.0652. The molecule has 24 heavy (non-hydrogen) atoms. The molecule has 128 valence electrons. The molecule has 0 aliphatic heterocycles. The molecule has 0 bridgehead atoms. The Bertz CT molecular complexity index is 707. The van der Waals surface area contributed by atoms with Crippen LogP contribution in [0, 0.1) is 5.41 Å². The maximum absolute atomic E-state index is 11.3. The van der Waals surface area contributed by atoms with Crippen molar-refractivity contribution in [1.82, 2.24) is 0 Å². The van der Waals surface area contributed by atoms with Gasteiger partial charge >= 0.3 is 5.97 Å². The lowest BCUT2D eigenvalue weighted by molar-refractivity contribution is 0.0694. The molecular weight excluding hydrogens is 300 g/mol. The van der Waals surface area contributed by atoms with Gasteiger partial charge in [0.2, 0.25) is 0 Å². The van der Waals surface area contributed by atoms with Gasteiger partial charge in [-0.05, 0) is 47.1 Å². The lowest BCUT2D eigenvalue weighted by Gasteiger charge is -2.33. The summed E-state index contributed by atoms with van der Waals surface area (Å²) in [5, 5.41) is 9.22. The van der Waals surface area contributed by atoms with Gasteiger partial charge in [0.15, 0.2) is 0 Å². The predicted octanol–water partition coefficient (Wildman–Crippen LogP) is 5.89. The van der Waals surface area contributed by atoms with Crippen molar-refractivity contribution in [3.05, 3.63) is 59.7 Å². The average Bonchev–Trinajstić information content (AvgIpc) is 2.45. The molecule has 1 N–H and O–H groups in total. The molecule has 0 spiro atoms. The second-order valence-electron chi connectivity index (χ2n) is 8.05. The highest BCUT2D eigenvalue weighted by Gasteiger charge is 2.27. The van der Waals surface area contributed by atoms with Gasteiger partial charge in [0.1, 0.15) is 17.1 Å². The molecule has 3 nitrogen and oxygen atoms in total. The third-order valence-corrected chi connectivity index (χ3v) is 3.95. The number of carbonyl (C=O) groups is 1. The van der Waals surface area contributed by atoms with Crippen LogP contribution >= 0.6 is 0 Å². The van der Waals surface area contributed by atoms with Crippen LogP contribution in [-0.4, -0.2) is 11.1 Å². The smallest absolute Gasteiger partial charge is 0.339 e. The first kappa shape index (κ1) is 18.1. The Hall–Kier alpha value is -2.29. The Balaban J connectivity index is 2.20. The highest BCUT2D eigenvalue weighted by molar-refractivity contribution is 5.90. The molecule has 0 unspecified atom stereocenters. The summed E-state index contributed by atoms with van der Waals surface area (Å²) in [6.45, 7) is 11.2. The number of hydrogen-bond donors (Lipinski definition) is 1. The Morgan fingerprint density at radius 1 is 0.958 bits per heavy atom. The molecule has 0 radical (unpaired) electrons. The third kappa shape index (κ3) is 4.60. The van der Waals surface area contributed by atoms with Gasteiger partial charge in [0.25, 0.3) is 0 Å². The molecule has 2 aromatic carbocycles. The Kier molecular flexibility index (Phi) is 5.02. The largest absolute Gasteiger partial charge is 0.478 e. The van der Waals surface area contributed by atoms with E-state index < -0.39 is 5.97 Å². The minimum atomic E-state index is -0.992. The topological polar surface area (TPSA) is 46.5 Å². The number of carboxylic acids is 1. The van der Waals surface area contributed by atoms with Crippen LogP contribution in [0.2, 0.25) is 0 Å². The molecule has 2 aromatic rings. The van der Waals surface area contributed by atoms with E-state index in [2.05, 4.69) is 46.8 Å². The van der Waals surface area contributed by atoms with Crippen LogP contribution in [0.3, 0.4) is 0 Å². The lowest BCUT2D eigenvalue weighted by Crippen LogP contribution is -2.24. The zero-order valence-electron chi connectivity index (χ0n) is 15.1. The van der Waals surface area contributed by atoms with Crippen LogP contribution in [0.4, 0.5) is 0 Å². The number of ether oxygens (including phenoxy) is 1. The van der Waals surface area contributed by atoms with Crippen molar-refractivity contribution < 1.29 is 14.6 Å². The second-order valence-corrected chi connectivity index (χ2v) is 8.05. The number of para-hydroxylation sites is 1. The molecular formula is C21H26O3. The molecule has 0 aliphatic carbocycles. The molecule has 0 saturated carbocycles. The number of rotatable bonds is 5. The molecule has 0 aromatic heterocycles. The van der Waals surface area contributed by atoms with E-state index in [9.17, 15) is 9.90 Å². The van der Waals surface area contributed by atoms with Gasteiger partial charge in [-0.3, -0.25) is 0 Å². The van der Waals surface area contributed by atoms with Crippen LogP contribution in [0.15, 0.2) is 48.5 Å². The first-order chi connectivity index (χ1) is 11.1. The summed E-state index contributed by atoms with van der Waals surface area (Å²) < 4.78 is 5.76. The molecule has 0 heterocycles. The highest BCUT2D eigenvalue weighted by atomic mass is 16.5. The van der Waals surface area contributed by atoms with Gasteiger partial charge in [-0.1, -0.05) is 58.9 Å². The van der Waals surface area contributed by atoms with Gasteiger partial charge < -0.3 is 9.84 Å².